The Morgan fingerprint density at radius 2 is 1.78 bits per heavy atom. The van der Waals surface area contributed by atoms with Crippen LogP contribution in [0.15, 0.2) is 77.3 Å². The first kappa shape index (κ1) is 45.6. The maximum Gasteiger partial charge on any atom is 0.326 e. The fraction of sp³-hybridized carbons (Fsp3) is 0.535. The number of imidazole rings is 1. The predicted octanol–water partition coefficient (Wildman–Crippen LogP) is 6.76. The van der Waals surface area contributed by atoms with E-state index in [1.54, 1.807) is 21.6 Å². The summed E-state index contributed by atoms with van der Waals surface area (Å²) in [5, 5.41) is 8.19. The molecule has 6 rings (SSSR count). The summed E-state index contributed by atoms with van der Waals surface area (Å²) in [5.41, 5.74) is 8.93. The quantitative estimate of drug-likeness (QED) is 0.0677. The lowest BCUT2D eigenvalue weighted by Gasteiger charge is -2.22. The van der Waals surface area contributed by atoms with Crippen LogP contribution in [0.4, 0.5) is 16.2 Å². The van der Waals surface area contributed by atoms with Crippen molar-refractivity contribution in [2.24, 2.45) is 17.6 Å². The Kier molecular flexibility index (Phi) is 16.6. The molecule has 2 aromatic carbocycles. The van der Waals surface area contributed by atoms with Crippen LogP contribution >= 0.6 is 0 Å². The Bertz CT molecular complexity index is 2070. The molecular formula is C43H64N8O6S. The predicted molar refractivity (Wildman–Crippen MR) is 233 cm³/mol. The number of fused-ring (bicyclic) bond motifs is 1. The van der Waals surface area contributed by atoms with Crippen LogP contribution in [0.1, 0.15) is 105 Å². The number of benzene rings is 2. The van der Waals surface area contributed by atoms with Crippen molar-refractivity contribution in [3.8, 4) is 0 Å². The molecule has 3 fully saturated rings. The highest BCUT2D eigenvalue weighted by Crippen LogP contribution is 2.47. The van der Waals surface area contributed by atoms with E-state index in [4.69, 9.17) is 5.73 Å². The third kappa shape index (κ3) is 12.5. The van der Waals surface area contributed by atoms with Gasteiger partial charge in [-0.05, 0) is 102 Å². The molecule has 3 aliphatic rings. The second kappa shape index (κ2) is 21.1. The van der Waals surface area contributed by atoms with Crippen LogP contribution in [-0.2, 0) is 19.6 Å². The Hall–Kier alpha value is -5.05. The topological polar surface area (TPSA) is 201 Å². The molecular weight excluding hydrogens is 757 g/mol. The molecule has 58 heavy (non-hydrogen) atoms. The average Bonchev–Trinajstić information content (AvgIpc) is 4.05. The minimum Gasteiger partial charge on any atom is -0.376 e. The number of H-pyrrole nitrogens is 1. The molecule has 0 bridgehead atoms. The van der Waals surface area contributed by atoms with E-state index in [9.17, 15) is 27.6 Å². The number of aromatic amines is 1. The van der Waals surface area contributed by atoms with Crippen molar-refractivity contribution in [3.63, 3.8) is 0 Å². The lowest BCUT2D eigenvalue weighted by Crippen LogP contribution is -2.45. The maximum atomic E-state index is 12.4. The number of nitrogens with zero attached hydrogens (tertiary/aromatic N) is 2. The summed E-state index contributed by atoms with van der Waals surface area (Å²) in [6.45, 7) is 10.8. The minimum absolute atomic E-state index is 0.0569. The maximum absolute atomic E-state index is 12.4. The fourth-order valence-corrected chi connectivity index (χ4v) is 8.36. The second-order valence-electron chi connectivity index (χ2n) is 15.7. The minimum atomic E-state index is -3.21. The molecule has 3 atom stereocenters. The lowest BCUT2D eigenvalue weighted by molar-refractivity contribution is -0.135. The van der Waals surface area contributed by atoms with Gasteiger partial charge >= 0.3 is 11.7 Å². The third-order valence-electron chi connectivity index (χ3n) is 10.7. The molecule has 14 nitrogen and oxygen atoms in total. The van der Waals surface area contributed by atoms with Gasteiger partial charge in [0.15, 0.2) is 0 Å². The van der Waals surface area contributed by atoms with Gasteiger partial charge in [0, 0.05) is 36.9 Å². The van der Waals surface area contributed by atoms with Gasteiger partial charge in [-0.25, -0.2) is 18.0 Å². The number of hydrogen-bond acceptors (Lipinski definition) is 7. The van der Waals surface area contributed by atoms with Gasteiger partial charge < -0.3 is 31.6 Å². The van der Waals surface area contributed by atoms with Crippen LogP contribution in [0.5, 0.6) is 0 Å². The molecule has 1 saturated heterocycles. The van der Waals surface area contributed by atoms with E-state index in [1.807, 2.05) is 57.2 Å². The number of primary amides is 1. The number of carbonyl (C=O) groups excluding carboxylic acids is 3. The molecule has 318 valence electrons. The van der Waals surface area contributed by atoms with Crippen LogP contribution in [-0.4, -0.2) is 71.6 Å². The van der Waals surface area contributed by atoms with Crippen molar-refractivity contribution in [1.82, 2.24) is 24.5 Å². The summed E-state index contributed by atoms with van der Waals surface area (Å²) in [6, 6.07) is 14.2. The van der Waals surface area contributed by atoms with E-state index >= 15 is 0 Å². The van der Waals surface area contributed by atoms with E-state index in [0.29, 0.717) is 36.0 Å². The molecule has 3 aromatic rings. The number of unbranched alkanes of at least 4 members (excludes halogenated alkanes) is 3. The first-order chi connectivity index (χ1) is 27.7. The molecule has 1 aliphatic heterocycles. The number of hydrogen-bond donors (Lipinski definition) is 6. The number of nitrogens with one attached hydrogen (secondary N) is 5. The van der Waals surface area contributed by atoms with Crippen molar-refractivity contribution in [2.75, 3.05) is 30.8 Å². The van der Waals surface area contributed by atoms with Gasteiger partial charge in [-0.3, -0.25) is 18.9 Å². The Morgan fingerprint density at radius 3 is 2.40 bits per heavy atom. The van der Waals surface area contributed by atoms with Gasteiger partial charge in [-0.15, -0.1) is 0 Å². The van der Waals surface area contributed by atoms with Crippen LogP contribution in [0.25, 0.3) is 11.0 Å². The molecule has 2 aliphatic carbocycles. The van der Waals surface area contributed by atoms with E-state index < -0.39 is 26.7 Å². The number of sulfonamides is 1. The van der Waals surface area contributed by atoms with Gasteiger partial charge in [0.25, 0.3) is 0 Å². The summed E-state index contributed by atoms with van der Waals surface area (Å²) in [4.78, 5) is 50.7. The van der Waals surface area contributed by atoms with Gasteiger partial charge in [-0.1, -0.05) is 69.2 Å². The normalized spacial score (nSPS) is 19.5. The summed E-state index contributed by atoms with van der Waals surface area (Å²) in [7, 11) is -1.67. The highest BCUT2D eigenvalue weighted by molar-refractivity contribution is 7.91. The van der Waals surface area contributed by atoms with Crippen LogP contribution in [0.2, 0.25) is 0 Å². The molecule has 0 spiro atoms. The molecule has 3 unspecified atom stereocenters. The van der Waals surface area contributed by atoms with Crippen LogP contribution < -0.4 is 32.1 Å². The number of nitrogens with two attached hydrogens (primary N) is 1. The molecule has 2 heterocycles. The highest BCUT2D eigenvalue weighted by Gasteiger charge is 2.51. The standard InChI is InChI=1S/C18H31NO2S.C13H17N3O2.C12H16N4O2/c1-4-6-7-8-9-11-15-14-16(15)17(10-5-2)19-22(20,21)18(3)12-13-18;14-13(18)11-7-4-8-16(11)12(17)9-15-10-5-2-1-3-6-10;1-7(2)16-9-6-4-5-8(14-11(17)13-3)10(9)15-12(16)18/h9-11,15-16,19H,4-8,12-14H2,1-3H3;1-3,5-6,11,15H,4,7-9H2,(H2,14,18);4-7H,1-3H3,(H,15,18)(H2,13,14,17)/b11-9-,17-10+;;. The van der Waals surface area contributed by atoms with Gasteiger partial charge in [0.2, 0.25) is 21.8 Å². The molecule has 15 heteroatoms. The van der Waals surface area contributed by atoms with Gasteiger partial charge in [0.05, 0.1) is 28.0 Å². The smallest absolute Gasteiger partial charge is 0.326 e. The van der Waals surface area contributed by atoms with Gasteiger partial charge in [-0.2, -0.15) is 0 Å². The molecule has 2 saturated carbocycles. The average molecular weight is 821 g/mol. The largest absolute Gasteiger partial charge is 0.376 e. The number of likely N-dealkylation sites (tertiary alicyclic amines) is 1. The number of allylic oxidation sites excluding steroid dienone is 4. The summed E-state index contributed by atoms with van der Waals surface area (Å²) in [6.07, 6.45) is 16.6. The molecule has 4 amide bonds. The second-order valence-corrected chi connectivity index (χ2v) is 17.9. The highest BCUT2D eigenvalue weighted by atomic mass is 32.2. The van der Waals surface area contributed by atoms with Crippen molar-refractivity contribution in [1.29, 1.82) is 0 Å². The summed E-state index contributed by atoms with van der Waals surface area (Å²) in [5.74, 6) is 0.398. The van der Waals surface area contributed by atoms with Crippen LogP contribution in [0, 0.1) is 11.8 Å². The van der Waals surface area contributed by atoms with Crippen molar-refractivity contribution < 1.29 is 22.8 Å². The number of para-hydroxylation sites is 2. The van der Waals surface area contributed by atoms with Crippen molar-refractivity contribution >= 4 is 50.3 Å². The number of anilines is 2. The van der Waals surface area contributed by atoms with Gasteiger partial charge in [0.1, 0.15) is 6.04 Å². The van der Waals surface area contributed by atoms with E-state index in [2.05, 4.69) is 57.7 Å². The SMILES string of the molecule is CC/C=C(/NS(=O)(=O)C1(C)CC1)C1CC1/C=C\CCCCC.CNC(=O)Nc1cccc2c1[nH]c(=O)n2C(C)C.NC(=O)C1CCCN1C(=O)CNc1ccccc1. The summed E-state index contributed by atoms with van der Waals surface area (Å²) >= 11 is 0. The van der Waals surface area contributed by atoms with E-state index in [1.165, 1.54) is 26.3 Å². The lowest BCUT2D eigenvalue weighted by atomic mass is 10.1. The third-order valence-corrected chi connectivity index (χ3v) is 12.9. The number of rotatable bonds is 16. The van der Waals surface area contributed by atoms with Crippen molar-refractivity contribution in [3.05, 3.63) is 82.9 Å². The van der Waals surface area contributed by atoms with Crippen molar-refractivity contribution in [2.45, 2.75) is 116 Å². The Labute approximate surface area is 343 Å². The van der Waals surface area contributed by atoms with E-state index in [0.717, 1.165) is 55.4 Å². The zero-order chi connectivity index (χ0) is 42.5. The number of aromatic nitrogens is 2. The zero-order valence-corrected chi connectivity index (χ0v) is 35.8. The first-order valence-electron chi connectivity index (χ1n) is 20.6. The first-order valence-corrected chi connectivity index (χ1v) is 22.1. The number of carbonyl (C=O) groups is 3. The number of amides is 4. The Balaban J connectivity index is 0.000000194. The molecule has 7 N–H and O–H groups in total. The number of urea groups is 1. The summed E-state index contributed by atoms with van der Waals surface area (Å²) < 4.78 is 28.8. The van der Waals surface area contributed by atoms with E-state index in [-0.39, 0.29) is 30.2 Å². The van der Waals surface area contributed by atoms with Crippen LogP contribution in [0.3, 0.4) is 0 Å². The monoisotopic (exact) mass is 820 g/mol. The molecule has 1 aromatic heterocycles. The Morgan fingerprint density at radius 1 is 1.05 bits per heavy atom. The molecule has 0 radical (unpaired) electrons. The fourth-order valence-electron chi connectivity index (χ4n) is 6.93. The zero-order valence-electron chi connectivity index (χ0n) is 35.0.